The highest BCUT2D eigenvalue weighted by Gasteiger charge is 2.10. The van der Waals surface area contributed by atoms with E-state index in [0.717, 1.165) is 26.2 Å². The maximum Gasteiger partial charge on any atom is 0.414 e. The zero-order valence-electron chi connectivity index (χ0n) is 12.3. The van der Waals surface area contributed by atoms with Gasteiger partial charge < -0.3 is 9.64 Å². The molecule has 0 aliphatic rings. The van der Waals surface area contributed by atoms with Crippen LogP contribution in [-0.2, 0) is 6.54 Å². The summed E-state index contributed by atoms with van der Waals surface area (Å²) in [6.07, 6.45) is 3.47. The number of nitrogens with zero attached hydrogens (tertiary/aromatic N) is 3. The van der Waals surface area contributed by atoms with Crippen LogP contribution in [0.5, 0.6) is 5.75 Å². The Balaban J connectivity index is 2.59. The molecule has 1 aromatic rings. The van der Waals surface area contributed by atoms with Crippen LogP contribution in [0.15, 0.2) is 24.5 Å². The maximum atomic E-state index is 11.5. The molecule has 0 saturated carbocycles. The van der Waals surface area contributed by atoms with Crippen molar-refractivity contribution in [3.63, 3.8) is 0 Å². The third-order valence-electron chi connectivity index (χ3n) is 2.97. The van der Waals surface area contributed by atoms with Gasteiger partial charge in [0.2, 0.25) is 6.20 Å². The van der Waals surface area contributed by atoms with Crippen molar-refractivity contribution in [3.05, 3.63) is 24.5 Å². The first-order chi connectivity index (χ1) is 9.06. The SMILES string of the molecule is CCN(CC)CC[n+]1cccc(OC(=O)N(C)C)c1. The van der Waals surface area contributed by atoms with Crippen molar-refractivity contribution < 1.29 is 14.1 Å². The van der Waals surface area contributed by atoms with E-state index in [4.69, 9.17) is 4.74 Å². The second-order valence-corrected chi connectivity index (χ2v) is 4.57. The van der Waals surface area contributed by atoms with Crippen LogP contribution < -0.4 is 9.30 Å². The molecule has 1 aromatic heterocycles. The zero-order valence-corrected chi connectivity index (χ0v) is 12.3. The molecular formula is C14H24N3O2+. The van der Waals surface area contributed by atoms with Gasteiger partial charge in [0.15, 0.2) is 18.5 Å². The van der Waals surface area contributed by atoms with Crippen molar-refractivity contribution >= 4 is 6.09 Å². The van der Waals surface area contributed by atoms with E-state index in [2.05, 4.69) is 18.7 Å². The maximum absolute atomic E-state index is 11.5. The Morgan fingerprint density at radius 3 is 2.58 bits per heavy atom. The lowest BCUT2D eigenvalue weighted by Gasteiger charge is -2.15. The molecule has 0 aromatic carbocycles. The van der Waals surface area contributed by atoms with Crippen LogP contribution in [0.2, 0.25) is 0 Å². The Hall–Kier alpha value is -1.62. The normalized spacial score (nSPS) is 10.6. The minimum atomic E-state index is -0.360. The number of carbonyl (C=O) groups excluding carboxylic acids is 1. The van der Waals surface area contributed by atoms with E-state index >= 15 is 0 Å². The van der Waals surface area contributed by atoms with E-state index in [1.54, 1.807) is 20.2 Å². The first-order valence-corrected chi connectivity index (χ1v) is 6.67. The van der Waals surface area contributed by atoms with Gasteiger partial charge in [0.25, 0.3) is 0 Å². The molecule has 1 heterocycles. The first-order valence-electron chi connectivity index (χ1n) is 6.67. The Kier molecular flexibility index (Phi) is 6.29. The molecule has 1 amide bonds. The number of amides is 1. The van der Waals surface area contributed by atoms with Crippen LogP contribution in [0.3, 0.4) is 0 Å². The van der Waals surface area contributed by atoms with Crippen molar-refractivity contribution in [2.24, 2.45) is 0 Å². The van der Waals surface area contributed by atoms with Crippen molar-refractivity contribution in [1.29, 1.82) is 0 Å². The number of carbonyl (C=O) groups is 1. The van der Waals surface area contributed by atoms with E-state index in [1.165, 1.54) is 4.90 Å². The first kappa shape index (κ1) is 15.4. The topological polar surface area (TPSA) is 36.7 Å². The molecule has 0 N–H and O–H groups in total. The van der Waals surface area contributed by atoms with Gasteiger partial charge in [0.1, 0.15) is 0 Å². The summed E-state index contributed by atoms with van der Waals surface area (Å²) in [4.78, 5) is 15.2. The van der Waals surface area contributed by atoms with E-state index < -0.39 is 0 Å². The number of rotatable bonds is 6. The summed E-state index contributed by atoms with van der Waals surface area (Å²) >= 11 is 0. The van der Waals surface area contributed by atoms with Crippen LogP contribution in [-0.4, -0.2) is 49.6 Å². The summed E-state index contributed by atoms with van der Waals surface area (Å²) in [6, 6.07) is 3.68. The average Bonchev–Trinajstić information content (AvgIpc) is 2.40. The van der Waals surface area contributed by atoms with Gasteiger partial charge in [0.05, 0.1) is 6.54 Å². The van der Waals surface area contributed by atoms with Crippen molar-refractivity contribution in [3.8, 4) is 5.75 Å². The number of ether oxygens (including phenoxy) is 1. The molecule has 5 heteroatoms. The molecule has 0 atom stereocenters. The lowest BCUT2D eigenvalue weighted by Crippen LogP contribution is -2.40. The molecule has 1 rings (SSSR count). The zero-order chi connectivity index (χ0) is 14.3. The quantitative estimate of drug-likeness (QED) is 0.730. The Morgan fingerprint density at radius 1 is 1.32 bits per heavy atom. The van der Waals surface area contributed by atoms with Crippen LogP contribution in [0.1, 0.15) is 13.8 Å². The highest BCUT2D eigenvalue weighted by molar-refractivity contribution is 5.69. The van der Waals surface area contributed by atoms with Gasteiger partial charge >= 0.3 is 6.09 Å². The molecule has 19 heavy (non-hydrogen) atoms. The minimum Gasteiger partial charge on any atom is -0.404 e. The van der Waals surface area contributed by atoms with Crippen molar-refractivity contribution in [2.75, 3.05) is 33.7 Å². The van der Waals surface area contributed by atoms with E-state index in [-0.39, 0.29) is 6.09 Å². The second-order valence-electron chi connectivity index (χ2n) is 4.57. The fourth-order valence-electron chi connectivity index (χ4n) is 1.69. The predicted octanol–water partition coefficient (Wildman–Crippen LogP) is 1.38. The highest BCUT2D eigenvalue weighted by atomic mass is 16.6. The molecule has 0 radical (unpaired) electrons. The molecule has 106 valence electrons. The van der Waals surface area contributed by atoms with Crippen molar-refractivity contribution in [2.45, 2.75) is 20.4 Å². The Bertz CT molecular complexity index is 403. The summed E-state index contributed by atoms with van der Waals surface area (Å²) in [5.41, 5.74) is 0. The fraction of sp³-hybridized carbons (Fsp3) is 0.571. The third kappa shape index (κ3) is 5.26. The highest BCUT2D eigenvalue weighted by Crippen LogP contribution is 2.06. The largest absolute Gasteiger partial charge is 0.414 e. The van der Waals surface area contributed by atoms with Gasteiger partial charge in [-0.25, -0.2) is 9.36 Å². The number of hydrogen-bond donors (Lipinski definition) is 0. The van der Waals surface area contributed by atoms with E-state index in [9.17, 15) is 4.79 Å². The van der Waals surface area contributed by atoms with Gasteiger partial charge in [-0.1, -0.05) is 13.8 Å². The standard InChI is InChI=1S/C14H24N3O2/c1-5-16(6-2)10-11-17-9-7-8-13(12-17)19-14(18)15(3)4/h7-9,12H,5-6,10-11H2,1-4H3/q+1. The van der Waals surface area contributed by atoms with Crippen LogP contribution >= 0.6 is 0 Å². The summed E-state index contributed by atoms with van der Waals surface area (Å²) in [7, 11) is 3.33. The van der Waals surface area contributed by atoms with Crippen LogP contribution in [0, 0.1) is 0 Å². The van der Waals surface area contributed by atoms with E-state index in [1.807, 2.05) is 23.0 Å². The van der Waals surface area contributed by atoms with Gasteiger partial charge in [-0.2, -0.15) is 0 Å². The Morgan fingerprint density at radius 2 is 2.00 bits per heavy atom. The predicted molar refractivity (Wildman–Crippen MR) is 74.1 cm³/mol. The third-order valence-corrected chi connectivity index (χ3v) is 2.97. The lowest BCUT2D eigenvalue weighted by atomic mass is 10.4. The summed E-state index contributed by atoms with van der Waals surface area (Å²) in [5.74, 6) is 0.570. The molecule has 0 saturated heterocycles. The monoisotopic (exact) mass is 266 g/mol. The lowest BCUT2D eigenvalue weighted by molar-refractivity contribution is -0.696. The summed E-state index contributed by atoms with van der Waals surface area (Å²) < 4.78 is 7.27. The molecule has 0 unspecified atom stereocenters. The van der Waals surface area contributed by atoms with Gasteiger partial charge in [-0.3, -0.25) is 4.90 Å². The van der Waals surface area contributed by atoms with Crippen LogP contribution in [0.25, 0.3) is 0 Å². The summed E-state index contributed by atoms with van der Waals surface area (Å²) in [5, 5.41) is 0. The van der Waals surface area contributed by atoms with Gasteiger partial charge in [-0.05, 0) is 19.2 Å². The number of aromatic nitrogens is 1. The van der Waals surface area contributed by atoms with Crippen LogP contribution in [0.4, 0.5) is 4.79 Å². The molecule has 0 spiro atoms. The molecule has 0 fully saturated rings. The van der Waals surface area contributed by atoms with Gasteiger partial charge in [-0.15, -0.1) is 0 Å². The second kappa shape index (κ2) is 7.74. The van der Waals surface area contributed by atoms with E-state index in [0.29, 0.717) is 5.75 Å². The van der Waals surface area contributed by atoms with Gasteiger partial charge in [0, 0.05) is 20.2 Å². The molecule has 0 aliphatic heterocycles. The minimum absolute atomic E-state index is 0.360. The van der Waals surface area contributed by atoms with Crippen molar-refractivity contribution in [1.82, 2.24) is 9.80 Å². The Labute approximate surface area is 115 Å². The molecule has 0 bridgehead atoms. The molecular weight excluding hydrogens is 242 g/mol. The molecule has 0 aliphatic carbocycles. The fourth-order valence-corrected chi connectivity index (χ4v) is 1.69. The average molecular weight is 266 g/mol. The number of pyridine rings is 1. The number of hydrogen-bond acceptors (Lipinski definition) is 3. The molecule has 5 nitrogen and oxygen atoms in total. The smallest absolute Gasteiger partial charge is 0.404 e. The summed E-state index contributed by atoms with van der Waals surface area (Å²) in [6.45, 7) is 8.28. The number of likely N-dealkylation sites (N-methyl/N-ethyl adjacent to an activating group) is 1.